The van der Waals surface area contributed by atoms with Crippen LogP contribution in [0.3, 0.4) is 0 Å². The van der Waals surface area contributed by atoms with E-state index in [0.29, 0.717) is 11.2 Å². The Labute approximate surface area is 201 Å². The fourth-order valence-electron chi connectivity index (χ4n) is 3.80. The number of fused-ring (bicyclic) bond motifs is 3. The highest BCUT2D eigenvalue weighted by Gasteiger charge is 2.68. The number of methoxy groups -OCH3 is 1. The number of ether oxygens (including phenoxy) is 1. The highest BCUT2D eigenvalue weighted by atomic mass is 35.5. The van der Waals surface area contributed by atoms with Gasteiger partial charge in [-0.15, -0.1) is 0 Å². The van der Waals surface area contributed by atoms with Crippen LogP contribution < -0.4 is 16.0 Å². The third-order valence-corrected chi connectivity index (χ3v) is 5.59. The molecule has 2 amide bonds. The summed E-state index contributed by atoms with van der Waals surface area (Å²) >= 11 is 5.98. The predicted molar refractivity (Wildman–Crippen MR) is 119 cm³/mol. The van der Waals surface area contributed by atoms with Gasteiger partial charge in [-0.1, -0.05) is 17.7 Å². The lowest BCUT2D eigenvalue weighted by molar-refractivity contribution is -0.213. The lowest BCUT2D eigenvalue weighted by Gasteiger charge is -2.31. The van der Waals surface area contributed by atoms with Crippen molar-refractivity contribution in [2.45, 2.75) is 24.8 Å². The summed E-state index contributed by atoms with van der Waals surface area (Å²) in [5.41, 5.74) is -4.48. The normalized spacial score (nSPS) is 18.0. The second-order valence-electron chi connectivity index (χ2n) is 7.70. The molecule has 0 saturated carbocycles. The number of nitrogens with one attached hydrogen (secondary N) is 3. The summed E-state index contributed by atoms with van der Waals surface area (Å²) in [6.45, 7) is 2.10. The highest BCUT2D eigenvalue weighted by molar-refractivity contribution is 6.32. The number of aromatic nitrogens is 3. The predicted octanol–water partition coefficient (Wildman–Crippen LogP) is 3.00. The van der Waals surface area contributed by atoms with Gasteiger partial charge in [0.15, 0.2) is 0 Å². The number of anilines is 2. The minimum atomic E-state index is -5.30. The van der Waals surface area contributed by atoms with E-state index in [-0.39, 0.29) is 39.2 Å². The molecule has 2 unspecified atom stereocenters. The first-order valence-electron chi connectivity index (χ1n) is 10.1. The number of carbonyl (C=O) groups is 2. The van der Waals surface area contributed by atoms with Crippen molar-refractivity contribution >= 4 is 46.2 Å². The van der Waals surface area contributed by atoms with Gasteiger partial charge in [0.25, 0.3) is 17.5 Å². The first kappa shape index (κ1) is 24.2. The maximum Gasteiger partial charge on any atom is 0.440 e. The van der Waals surface area contributed by atoms with E-state index in [1.165, 1.54) is 37.4 Å². The fraction of sp³-hybridized carbons (Fsp3) is 0.286. The van der Waals surface area contributed by atoms with Gasteiger partial charge in [0.05, 0.1) is 22.7 Å². The van der Waals surface area contributed by atoms with E-state index in [1.54, 1.807) is 18.3 Å². The van der Waals surface area contributed by atoms with E-state index in [2.05, 4.69) is 15.3 Å². The van der Waals surface area contributed by atoms with Crippen molar-refractivity contribution in [3.05, 3.63) is 46.6 Å². The zero-order valence-electron chi connectivity index (χ0n) is 18.2. The van der Waals surface area contributed by atoms with Crippen LogP contribution >= 0.6 is 11.6 Å². The number of halogens is 4. The first-order valence-corrected chi connectivity index (χ1v) is 10.5. The number of rotatable bonds is 6. The summed E-state index contributed by atoms with van der Waals surface area (Å²) in [6.07, 6.45) is -5.30. The number of imidazole rings is 1. The molecule has 0 aliphatic carbocycles. The zero-order valence-corrected chi connectivity index (χ0v) is 19.0. The number of nitriles is 1. The largest absolute Gasteiger partial charge is 0.440 e. The van der Waals surface area contributed by atoms with Gasteiger partial charge in [-0.2, -0.15) is 18.4 Å². The van der Waals surface area contributed by atoms with Crippen molar-refractivity contribution in [2.24, 2.45) is 0 Å². The molecule has 1 aliphatic rings. The van der Waals surface area contributed by atoms with Crippen LogP contribution in [0.25, 0.3) is 11.0 Å². The average molecular weight is 508 g/mol. The third-order valence-electron chi connectivity index (χ3n) is 5.27. The average Bonchev–Trinajstić information content (AvgIpc) is 3.27. The summed E-state index contributed by atoms with van der Waals surface area (Å²) in [5.74, 6) is -3.11. The fourth-order valence-corrected chi connectivity index (χ4v) is 3.99. The molecule has 0 radical (unpaired) electrons. The Bertz CT molecular complexity index is 1380. The molecule has 182 valence electrons. The quantitative estimate of drug-likeness (QED) is 0.467. The van der Waals surface area contributed by atoms with Gasteiger partial charge in [0, 0.05) is 13.2 Å². The van der Waals surface area contributed by atoms with Crippen LogP contribution in [0.15, 0.2) is 30.3 Å². The van der Waals surface area contributed by atoms with E-state index in [4.69, 9.17) is 16.3 Å². The number of benzene rings is 1. The number of nitrogens with zero attached hydrogens (tertiary/aromatic N) is 4. The van der Waals surface area contributed by atoms with Crippen LogP contribution in [0.5, 0.6) is 0 Å². The molecule has 35 heavy (non-hydrogen) atoms. The lowest BCUT2D eigenvalue weighted by atomic mass is 10.1. The van der Waals surface area contributed by atoms with Gasteiger partial charge >= 0.3 is 6.18 Å². The second kappa shape index (κ2) is 8.71. The molecule has 3 heterocycles. The van der Waals surface area contributed by atoms with Crippen molar-refractivity contribution in [3.8, 4) is 6.07 Å². The smallest absolute Gasteiger partial charge is 0.383 e. The van der Waals surface area contributed by atoms with Crippen molar-refractivity contribution in [1.82, 2.24) is 19.9 Å². The molecule has 0 bridgehead atoms. The van der Waals surface area contributed by atoms with Crippen LogP contribution in [-0.2, 0) is 15.2 Å². The Morgan fingerprint density at radius 3 is 2.74 bits per heavy atom. The van der Waals surface area contributed by atoms with E-state index in [9.17, 15) is 28.0 Å². The molecule has 0 saturated heterocycles. The Morgan fingerprint density at radius 2 is 2.09 bits per heavy atom. The summed E-state index contributed by atoms with van der Waals surface area (Å²) in [7, 11) is 1.50. The number of hydrogen-bond donors (Lipinski definition) is 3. The van der Waals surface area contributed by atoms with Crippen molar-refractivity contribution in [3.63, 3.8) is 0 Å². The number of amides is 2. The molecule has 0 spiro atoms. The van der Waals surface area contributed by atoms with Crippen LogP contribution in [0.2, 0.25) is 5.02 Å². The maximum absolute atomic E-state index is 14.6. The van der Waals surface area contributed by atoms with E-state index in [0.717, 1.165) is 0 Å². The molecule has 3 aromatic rings. The molecule has 14 heteroatoms. The van der Waals surface area contributed by atoms with Gasteiger partial charge in [-0.25, -0.2) is 9.97 Å². The molecular formula is C21H17ClF3N7O3. The molecule has 4 rings (SSSR count). The maximum atomic E-state index is 14.6. The molecule has 2 aromatic heterocycles. The van der Waals surface area contributed by atoms with Crippen molar-refractivity contribution < 1.29 is 27.5 Å². The number of pyridine rings is 1. The SMILES string of the molecule is COCC(C)Nc1cccc(C(=O)NC2(C(F)(F)F)C(=O)Nc3nc4c(C#N)c(Cl)ccc4n32)n1. The number of alkyl halides is 3. The Kier molecular flexibility index (Phi) is 6.04. The van der Waals surface area contributed by atoms with Gasteiger partial charge in [0.2, 0.25) is 5.95 Å². The summed E-state index contributed by atoms with van der Waals surface area (Å²) in [6, 6.07) is 8.14. The first-order chi connectivity index (χ1) is 16.5. The van der Waals surface area contributed by atoms with Crippen molar-refractivity contribution in [2.75, 3.05) is 24.4 Å². The van der Waals surface area contributed by atoms with Gasteiger partial charge in [0.1, 0.15) is 23.1 Å². The van der Waals surface area contributed by atoms with Crippen LogP contribution in [0, 0.1) is 11.3 Å². The summed E-state index contributed by atoms with van der Waals surface area (Å²) in [5, 5.41) is 16.2. The second-order valence-corrected chi connectivity index (χ2v) is 8.11. The molecule has 0 fully saturated rings. The molecule has 1 aliphatic heterocycles. The lowest BCUT2D eigenvalue weighted by Crippen LogP contribution is -2.63. The third kappa shape index (κ3) is 3.90. The minimum Gasteiger partial charge on any atom is -0.383 e. The van der Waals surface area contributed by atoms with Gasteiger partial charge in [-0.05, 0) is 31.2 Å². The van der Waals surface area contributed by atoms with E-state index in [1.807, 2.05) is 5.32 Å². The van der Waals surface area contributed by atoms with E-state index < -0.39 is 29.6 Å². The topological polar surface area (TPSA) is 134 Å². The summed E-state index contributed by atoms with van der Waals surface area (Å²) < 4.78 is 49.2. The monoisotopic (exact) mass is 507 g/mol. The van der Waals surface area contributed by atoms with Gasteiger partial charge < -0.3 is 15.4 Å². The van der Waals surface area contributed by atoms with Crippen LogP contribution in [0.1, 0.15) is 23.0 Å². The zero-order chi connectivity index (χ0) is 25.5. The Hall–Kier alpha value is -3.89. The molecule has 2 atom stereocenters. The molecule has 10 nitrogen and oxygen atoms in total. The molecule has 3 N–H and O–H groups in total. The van der Waals surface area contributed by atoms with Crippen LogP contribution in [0.4, 0.5) is 24.9 Å². The van der Waals surface area contributed by atoms with Crippen molar-refractivity contribution in [1.29, 1.82) is 5.26 Å². The molecule has 1 aromatic carbocycles. The number of hydrogen-bond acceptors (Lipinski definition) is 7. The molecular weight excluding hydrogens is 491 g/mol. The number of carbonyl (C=O) groups excluding carboxylic acids is 2. The Balaban J connectivity index is 1.80. The standard InChI is InChI=1S/C21H17ClF3N7O3/c1-10(9-35-2)27-15-5-3-4-13(28-15)17(33)31-20(21(23,24)25)18(34)30-19-29-16-11(8-26)12(22)6-7-14(16)32(19)20/h3-7,10H,9H2,1-2H3,(H,27,28)(H,31,33)(H,29,30,34). The van der Waals surface area contributed by atoms with Gasteiger partial charge in [-0.3, -0.25) is 19.5 Å². The van der Waals surface area contributed by atoms with Crippen LogP contribution in [-0.4, -0.2) is 52.3 Å². The highest BCUT2D eigenvalue weighted by Crippen LogP contribution is 2.45. The Morgan fingerprint density at radius 1 is 1.34 bits per heavy atom. The van der Waals surface area contributed by atoms with E-state index >= 15 is 0 Å². The minimum absolute atomic E-state index is 0.0269. The summed E-state index contributed by atoms with van der Waals surface area (Å²) in [4.78, 5) is 33.7.